The van der Waals surface area contributed by atoms with E-state index in [-0.39, 0.29) is 29.1 Å². The second-order valence-corrected chi connectivity index (χ2v) is 8.51. The number of carbonyl (C=O) groups excluding carboxylic acids is 2. The van der Waals surface area contributed by atoms with Crippen molar-refractivity contribution in [3.8, 4) is 0 Å². The quantitative estimate of drug-likeness (QED) is 0.723. The van der Waals surface area contributed by atoms with E-state index in [1.54, 1.807) is 0 Å². The van der Waals surface area contributed by atoms with E-state index in [4.69, 9.17) is 0 Å². The van der Waals surface area contributed by atoms with Crippen LogP contribution in [0.25, 0.3) is 0 Å². The van der Waals surface area contributed by atoms with Gasteiger partial charge in [0.1, 0.15) is 0 Å². The van der Waals surface area contributed by atoms with Gasteiger partial charge in [-0.3, -0.25) is 0 Å². The Hall–Kier alpha value is -1.04. The molecule has 2 rings (SSSR count). The molecule has 0 aromatic heterocycles. The van der Waals surface area contributed by atoms with Gasteiger partial charge in [-0.25, -0.2) is 0 Å². The van der Waals surface area contributed by atoms with Crippen LogP contribution in [0.3, 0.4) is 0 Å². The van der Waals surface area contributed by atoms with E-state index >= 15 is 0 Å². The fourth-order valence-electron chi connectivity index (χ4n) is 2.16. The summed E-state index contributed by atoms with van der Waals surface area (Å²) in [5.74, 6) is -0.657. The standard InChI is InChI=1S/C14H16AsF3N2O2.ClH/c16-14(17,18)10-3-1-2-9(6-10)13(22)20-8-12(21)15-11-4-5-19-7-11;/h1-3,6,11,15,19H,4-5,7-8H2,(H,20,22);1H. The third kappa shape index (κ3) is 6.16. The molecule has 128 valence electrons. The van der Waals surface area contributed by atoms with Crippen LogP contribution in [0, 0.1) is 0 Å². The Labute approximate surface area is 144 Å². The van der Waals surface area contributed by atoms with Gasteiger partial charge >= 0.3 is 132 Å². The molecule has 0 radical (unpaired) electrons. The molecule has 4 nitrogen and oxygen atoms in total. The predicted octanol–water partition coefficient (Wildman–Crippen LogP) is 1.60. The second-order valence-electron chi connectivity index (χ2n) is 5.02. The maximum absolute atomic E-state index is 12.6. The van der Waals surface area contributed by atoms with E-state index in [0.29, 0.717) is 4.71 Å². The molecule has 2 atom stereocenters. The Morgan fingerprint density at radius 2 is 2.09 bits per heavy atom. The molecule has 0 saturated carbocycles. The molecule has 1 fully saturated rings. The zero-order valence-corrected chi connectivity index (χ0v) is 15.0. The van der Waals surface area contributed by atoms with Gasteiger partial charge in [-0.2, -0.15) is 0 Å². The third-order valence-electron chi connectivity index (χ3n) is 3.29. The molecular formula is C14H17AsClF3N2O2. The molecule has 1 aromatic carbocycles. The van der Waals surface area contributed by atoms with Crippen molar-refractivity contribution in [3.63, 3.8) is 0 Å². The first-order valence-corrected chi connectivity index (χ1v) is 9.08. The summed E-state index contributed by atoms with van der Waals surface area (Å²) in [6.45, 7) is 1.65. The molecule has 0 spiro atoms. The van der Waals surface area contributed by atoms with Crippen LogP contribution in [0.15, 0.2) is 24.3 Å². The number of nitrogens with one attached hydrogen (secondary N) is 2. The van der Waals surface area contributed by atoms with Gasteiger partial charge in [-0.15, -0.1) is 12.4 Å². The average molecular weight is 413 g/mol. The summed E-state index contributed by atoms with van der Waals surface area (Å²) in [6, 6.07) is 4.17. The van der Waals surface area contributed by atoms with E-state index < -0.39 is 33.4 Å². The van der Waals surface area contributed by atoms with Gasteiger partial charge in [0.05, 0.1) is 0 Å². The van der Waals surface area contributed by atoms with E-state index in [1.165, 1.54) is 12.1 Å². The number of alkyl halides is 3. The third-order valence-corrected chi connectivity index (χ3v) is 6.22. The minimum atomic E-state index is -4.49. The molecule has 1 amide bonds. The van der Waals surface area contributed by atoms with Crippen molar-refractivity contribution in [2.24, 2.45) is 0 Å². The number of rotatable bonds is 5. The van der Waals surface area contributed by atoms with Crippen LogP contribution < -0.4 is 10.6 Å². The Morgan fingerprint density at radius 1 is 1.35 bits per heavy atom. The van der Waals surface area contributed by atoms with Gasteiger partial charge in [0.2, 0.25) is 0 Å². The Morgan fingerprint density at radius 3 is 2.70 bits per heavy atom. The van der Waals surface area contributed by atoms with E-state index in [2.05, 4.69) is 10.6 Å². The number of hydrogen-bond donors (Lipinski definition) is 2. The van der Waals surface area contributed by atoms with Crippen LogP contribution in [0.4, 0.5) is 13.2 Å². The van der Waals surface area contributed by atoms with Crippen LogP contribution in [0.1, 0.15) is 22.3 Å². The number of benzene rings is 1. The van der Waals surface area contributed by atoms with Crippen molar-refractivity contribution >= 4 is 38.6 Å². The fraction of sp³-hybridized carbons (Fsp3) is 0.429. The molecule has 1 heterocycles. The van der Waals surface area contributed by atoms with Crippen LogP contribution in [0.2, 0.25) is 4.71 Å². The van der Waals surface area contributed by atoms with Gasteiger partial charge < -0.3 is 0 Å². The first-order valence-electron chi connectivity index (χ1n) is 6.82. The normalized spacial score (nSPS) is 18.0. The summed E-state index contributed by atoms with van der Waals surface area (Å²) in [6.07, 6.45) is -3.51. The molecule has 2 unspecified atom stereocenters. The summed E-state index contributed by atoms with van der Waals surface area (Å²) in [4.78, 5) is 23.6. The molecule has 2 N–H and O–H groups in total. The number of amides is 1. The molecule has 1 saturated heterocycles. The van der Waals surface area contributed by atoms with Crippen molar-refractivity contribution in [3.05, 3.63) is 35.4 Å². The summed E-state index contributed by atoms with van der Waals surface area (Å²) in [5.41, 5.74) is -0.970. The molecule has 0 bridgehead atoms. The van der Waals surface area contributed by atoms with Crippen LogP contribution in [-0.2, 0) is 11.0 Å². The monoisotopic (exact) mass is 412 g/mol. The molecule has 9 heteroatoms. The number of hydrogen-bond acceptors (Lipinski definition) is 3. The number of halogens is 4. The summed E-state index contributed by atoms with van der Waals surface area (Å²) < 4.78 is 38.2. The van der Waals surface area contributed by atoms with Gasteiger partial charge in [0.25, 0.3) is 0 Å². The van der Waals surface area contributed by atoms with Crippen molar-refractivity contribution < 1.29 is 22.8 Å². The van der Waals surface area contributed by atoms with Crippen molar-refractivity contribution in [2.75, 3.05) is 19.6 Å². The van der Waals surface area contributed by atoms with Gasteiger partial charge in [0, 0.05) is 0 Å². The van der Waals surface area contributed by atoms with Gasteiger partial charge in [-0.1, -0.05) is 0 Å². The molecular weight excluding hydrogens is 396 g/mol. The molecule has 1 aliphatic heterocycles. The van der Waals surface area contributed by atoms with E-state index in [0.717, 1.165) is 31.6 Å². The van der Waals surface area contributed by atoms with E-state index in [9.17, 15) is 22.8 Å². The molecule has 0 aliphatic carbocycles. The summed E-state index contributed by atoms with van der Waals surface area (Å²) in [7, 11) is 0. The van der Waals surface area contributed by atoms with E-state index in [1.807, 2.05) is 0 Å². The first kappa shape index (κ1) is 20.0. The Bertz CT molecular complexity index is 563. The SMILES string of the molecule is Cl.O=C(CNC(=O)c1cccc(C(F)(F)F)c1)[AsH]C1CCNC1. The zero-order valence-electron chi connectivity index (χ0n) is 12.1. The molecule has 1 aromatic rings. The second kappa shape index (κ2) is 8.71. The summed E-state index contributed by atoms with van der Waals surface area (Å²) in [5, 5.41) is 5.58. The maximum atomic E-state index is 12.6. The van der Waals surface area contributed by atoms with Gasteiger partial charge in [0.15, 0.2) is 0 Å². The summed E-state index contributed by atoms with van der Waals surface area (Å²) >= 11 is -0.806. The van der Waals surface area contributed by atoms with Crippen LogP contribution in [0.5, 0.6) is 0 Å². The number of carbonyl (C=O) groups is 2. The first-order chi connectivity index (χ1) is 10.4. The van der Waals surface area contributed by atoms with Crippen molar-refractivity contribution in [1.82, 2.24) is 10.6 Å². The van der Waals surface area contributed by atoms with Gasteiger partial charge in [-0.05, 0) is 0 Å². The molecule has 23 heavy (non-hydrogen) atoms. The molecule has 1 aliphatic rings. The van der Waals surface area contributed by atoms with Crippen LogP contribution >= 0.6 is 12.4 Å². The minimum absolute atomic E-state index is 0. The topological polar surface area (TPSA) is 58.2 Å². The Balaban J connectivity index is 0.00000264. The predicted molar refractivity (Wildman–Crippen MR) is 84.4 cm³/mol. The van der Waals surface area contributed by atoms with Crippen molar-refractivity contribution in [2.45, 2.75) is 17.3 Å². The van der Waals surface area contributed by atoms with Crippen molar-refractivity contribution in [1.29, 1.82) is 0 Å². The Kier molecular flexibility index (Phi) is 7.58. The average Bonchev–Trinajstić information content (AvgIpc) is 2.97. The van der Waals surface area contributed by atoms with Crippen LogP contribution in [-0.4, -0.2) is 45.9 Å². The zero-order chi connectivity index (χ0) is 16.2. The fourth-order valence-corrected chi connectivity index (χ4v) is 4.63.